The molecule has 0 aromatic heterocycles. The molecule has 1 heteroatoms. The zero-order valence-corrected chi connectivity index (χ0v) is 8.06. The van der Waals surface area contributed by atoms with Gasteiger partial charge in [-0.25, -0.2) is 0 Å². The van der Waals surface area contributed by atoms with Crippen LogP contribution in [0.15, 0.2) is 0 Å². The van der Waals surface area contributed by atoms with Crippen LogP contribution < -0.4 is 5.32 Å². The van der Waals surface area contributed by atoms with E-state index in [1.54, 1.807) is 0 Å². The van der Waals surface area contributed by atoms with Crippen molar-refractivity contribution in [1.29, 1.82) is 0 Å². The van der Waals surface area contributed by atoms with Crippen LogP contribution in [0.2, 0.25) is 0 Å². The monoisotopic (exact) mass is 155 g/mol. The number of rotatable bonds is 4. The largest absolute Gasteiger partial charge is 0.316 e. The van der Waals surface area contributed by atoms with Crippen molar-refractivity contribution in [2.45, 2.75) is 33.6 Å². The molecule has 1 fully saturated rings. The predicted molar refractivity (Wildman–Crippen MR) is 49.6 cm³/mol. The Bertz CT molecular complexity index is 103. The smallest absolute Gasteiger partial charge is 0.00202 e. The van der Waals surface area contributed by atoms with Gasteiger partial charge in [0.2, 0.25) is 0 Å². The van der Waals surface area contributed by atoms with Crippen molar-refractivity contribution >= 4 is 0 Å². The summed E-state index contributed by atoms with van der Waals surface area (Å²) in [5.41, 5.74) is 0. The van der Waals surface area contributed by atoms with Crippen molar-refractivity contribution in [2.75, 3.05) is 13.1 Å². The highest BCUT2D eigenvalue weighted by atomic mass is 14.9. The van der Waals surface area contributed by atoms with Gasteiger partial charge in [0.15, 0.2) is 0 Å². The summed E-state index contributed by atoms with van der Waals surface area (Å²) in [7, 11) is 0. The predicted octanol–water partition coefficient (Wildman–Crippen LogP) is 2.28. The Balaban J connectivity index is 1.89. The highest BCUT2D eigenvalue weighted by molar-refractivity contribution is 4.77. The van der Waals surface area contributed by atoms with Crippen molar-refractivity contribution in [2.24, 2.45) is 17.8 Å². The molecule has 0 heterocycles. The average molecular weight is 155 g/mol. The van der Waals surface area contributed by atoms with Crippen molar-refractivity contribution in [3.05, 3.63) is 0 Å². The molecule has 1 aliphatic rings. The van der Waals surface area contributed by atoms with Gasteiger partial charge in [0.05, 0.1) is 0 Å². The lowest BCUT2D eigenvalue weighted by Crippen LogP contribution is -2.33. The fourth-order valence-electron chi connectivity index (χ4n) is 1.81. The van der Waals surface area contributed by atoms with E-state index in [1.165, 1.54) is 25.9 Å². The minimum Gasteiger partial charge on any atom is -0.316 e. The maximum absolute atomic E-state index is 3.51. The minimum absolute atomic E-state index is 0.799. The molecule has 0 spiro atoms. The van der Waals surface area contributed by atoms with E-state index in [1.807, 2.05) is 0 Å². The molecule has 66 valence electrons. The van der Waals surface area contributed by atoms with Gasteiger partial charge in [-0.05, 0) is 43.7 Å². The Hall–Kier alpha value is -0.0400. The second kappa shape index (κ2) is 4.10. The summed E-state index contributed by atoms with van der Waals surface area (Å²) >= 11 is 0. The Labute approximate surface area is 70.6 Å². The van der Waals surface area contributed by atoms with Crippen LogP contribution in [0.1, 0.15) is 33.6 Å². The maximum atomic E-state index is 3.51. The molecule has 0 unspecified atom stereocenters. The summed E-state index contributed by atoms with van der Waals surface area (Å²) < 4.78 is 0. The molecular formula is C10H21N. The average Bonchev–Trinajstić information content (AvgIpc) is 1.83. The van der Waals surface area contributed by atoms with Gasteiger partial charge < -0.3 is 5.32 Å². The quantitative estimate of drug-likeness (QED) is 0.656. The van der Waals surface area contributed by atoms with Crippen LogP contribution >= 0.6 is 0 Å². The molecule has 0 amide bonds. The van der Waals surface area contributed by atoms with Crippen molar-refractivity contribution < 1.29 is 0 Å². The first kappa shape index (κ1) is 9.05. The second-order valence-electron chi connectivity index (χ2n) is 4.49. The topological polar surface area (TPSA) is 12.0 Å². The van der Waals surface area contributed by atoms with E-state index < -0.39 is 0 Å². The van der Waals surface area contributed by atoms with E-state index >= 15 is 0 Å². The lowest BCUT2D eigenvalue weighted by atomic mass is 9.76. The summed E-state index contributed by atoms with van der Waals surface area (Å²) in [4.78, 5) is 0. The van der Waals surface area contributed by atoms with Gasteiger partial charge in [0.1, 0.15) is 0 Å². The summed E-state index contributed by atoms with van der Waals surface area (Å²) in [6.07, 6.45) is 2.90. The van der Waals surface area contributed by atoms with Crippen LogP contribution in [-0.4, -0.2) is 13.1 Å². The molecule has 0 atom stereocenters. The Morgan fingerprint density at radius 3 is 2.45 bits per heavy atom. The minimum atomic E-state index is 0.799. The van der Waals surface area contributed by atoms with Gasteiger partial charge in [0.25, 0.3) is 0 Å². The van der Waals surface area contributed by atoms with Crippen molar-refractivity contribution in [3.63, 3.8) is 0 Å². The molecule has 0 saturated heterocycles. The first-order chi connectivity index (χ1) is 5.18. The molecule has 1 nitrogen and oxygen atoms in total. The Kier molecular flexibility index (Phi) is 3.38. The molecule has 0 aromatic carbocycles. The molecule has 1 aliphatic carbocycles. The number of nitrogens with one attached hydrogen (secondary N) is 1. The maximum Gasteiger partial charge on any atom is -0.00202 e. The van der Waals surface area contributed by atoms with Gasteiger partial charge in [0, 0.05) is 0 Å². The molecule has 0 radical (unpaired) electrons. The second-order valence-corrected chi connectivity index (χ2v) is 4.49. The summed E-state index contributed by atoms with van der Waals surface area (Å²) in [5.74, 6) is 2.79. The fraction of sp³-hybridized carbons (Fsp3) is 1.00. The van der Waals surface area contributed by atoms with Gasteiger partial charge in [-0.2, -0.15) is 0 Å². The standard InChI is InChI=1S/C10H21N/c1-8(2)6-11-7-10-4-9(3)5-10/h8-11H,4-7H2,1-3H3/t9-,10+. The normalized spacial score (nSPS) is 30.5. The van der Waals surface area contributed by atoms with Gasteiger partial charge >= 0.3 is 0 Å². The number of hydrogen-bond acceptors (Lipinski definition) is 1. The van der Waals surface area contributed by atoms with E-state index in [-0.39, 0.29) is 0 Å². The zero-order valence-electron chi connectivity index (χ0n) is 8.06. The third kappa shape index (κ3) is 3.24. The fourth-order valence-corrected chi connectivity index (χ4v) is 1.81. The highest BCUT2D eigenvalue weighted by Crippen LogP contribution is 2.32. The SMILES string of the molecule is CC(C)CNC[C@H]1C[C@@H](C)C1. The van der Waals surface area contributed by atoms with Gasteiger partial charge in [-0.3, -0.25) is 0 Å². The van der Waals surface area contributed by atoms with Crippen LogP contribution in [-0.2, 0) is 0 Å². The van der Waals surface area contributed by atoms with E-state index in [9.17, 15) is 0 Å². The van der Waals surface area contributed by atoms with E-state index in [4.69, 9.17) is 0 Å². The molecule has 1 rings (SSSR count). The van der Waals surface area contributed by atoms with Crippen molar-refractivity contribution in [1.82, 2.24) is 5.32 Å². The molecule has 0 aromatic rings. The first-order valence-corrected chi connectivity index (χ1v) is 4.89. The van der Waals surface area contributed by atoms with Gasteiger partial charge in [-0.1, -0.05) is 20.8 Å². The zero-order chi connectivity index (χ0) is 8.27. The van der Waals surface area contributed by atoms with Crippen molar-refractivity contribution in [3.8, 4) is 0 Å². The molecule has 1 saturated carbocycles. The third-order valence-electron chi connectivity index (χ3n) is 2.46. The highest BCUT2D eigenvalue weighted by Gasteiger charge is 2.24. The molecule has 11 heavy (non-hydrogen) atoms. The molecular weight excluding hydrogens is 134 g/mol. The molecule has 0 bridgehead atoms. The van der Waals surface area contributed by atoms with E-state index in [2.05, 4.69) is 26.1 Å². The Morgan fingerprint density at radius 1 is 1.36 bits per heavy atom. The van der Waals surface area contributed by atoms with Crippen LogP contribution in [0.25, 0.3) is 0 Å². The first-order valence-electron chi connectivity index (χ1n) is 4.89. The van der Waals surface area contributed by atoms with Crippen LogP contribution in [0.4, 0.5) is 0 Å². The van der Waals surface area contributed by atoms with Crippen LogP contribution in [0, 0.1) is 17.8 Å². The van der Waals surface area contributed by atoms with Crippen LogP contribution in [0.5, 0.6) is 0 Å². The molecule has 0 aliphatic heterocycles. The van der Waals surface area contributed by atoms with E-state index in [0.717, 1.165) is 17.8 Å². The summed E-state index contributed by atoms with van der Waals surface area (Å²) in [5, 5.41) is 3.51. The van der Waals surface area contributed by atoms with Gasteiger partial charge in [-0.15, -0.1) is 0 Å². The Morgan fingerprint density at radius 2 is 2.00 bits per heavy atom. The lowest BCUT2D eigenvalue weighted by molar-refractivity contribution is 0.205. The van der Waals surface area contributed by atoms with E-state index in [0.29, 0.717) is 0 Å². The lowest BCUT2D eigenvalue weighted by Gasteiger charge is -2.33. The summed E-state index contributed by atoms with van der Waals surface area (Å²) in [6, 6.07) is 0. The molecule has 1 N–H and O–H groups in total. The third-order valence-corrected chi connectivity index (χ3v) is 2.46. The number of hydrogen-bond donors (Lipinski definition) is 1. The summed E-state index contributed by atoms with van der Waals surface area (Å²) in [6.45, 7) is 9.30. The van der Waals surface area contributed by atoms with Crippen LogP contribution in [0.3, 0.4) is 0 Å².